The Balaban J connectivity index is 2.00. The Kier molecular flexibility index (Phi) is 4.05. The van der Waals surface area contributed by atoms with E-state index < -0.39 is 0 Å². The first kappa shape index (κ1) is 14.1. The maximum Gasteiger partial charge on any atom is 0.219 e. The second-order valence-corrected chi connectivity index (χ2v) is 4.80. The van der Waals surface area contributed by atoms with Gasteiger partial charge in [0.15, 0.2) is 0 Å². The summed E-state index contributed by atoms with van der Waals surface area (Å²) in [6.07, 6.45) is 0. The monoisotopic (exact) mass is 291 g/mol. The van der Waals surface area contributed by atoms with Gasteiger partial charge < -0.3 is 9.47 Å². The summed E-state index contributed by atoms with van der Waals surface area (Å²) >= 11 is 0. The van der Waals surface area contributed by atoms with E-state index in [1.54, 1.807) is 0 Å². The number of fused-ring (bicyclic) bond motifs is 1. The normalized spacial score (nSPS) is 10.4. The molecule has 2 aromatic carbocycles. The zero-order valence-electron chi connectivity index (χ0n) is 12.5. The van der Waals surface area contributed by atoms with Gasteiger partial charge in [-0.15, -0.1) is 0 Å². The van der Waals surface area contributed by atoms with E-state index in [1.807, 2.05) is 67.6 Å². The van der Waals surface area contributed by atoms with E-state index in [0.29, 0.717) is 18.2 Å². The van der Waals surface area contributed by atoms with Crippen LogP contribution in [0.5, 0.6) is 11.6 Å². The first-order chi connectivity index (χ1) is 10.8. The van der Waals surface area contributed by atoms with Crippen LogP contribution in [0, 0.1) is 0 Å². The molecule has 0 radical (unpaired) electrons. The van der Waals surface area contributed by atoms with Crippen molar-refractivity contribution < 1.29 is 9.47 Å². The highest BCUT2D eigenvalue weighted by molar-refractivity contribution is 5.89. The summed E-state index contributed by atoms with van der Waals surface area (Å²) in [5.41, 5.74) is 1.72. The predicted octanol–water partition coefficient (Wildman–Crippen LogP) is 5.03. The summed E-state index contributed by atoms with van der Waals surface area (Å²) in [7, 11) is 0. The molecule has 0 saturated heterocycles. The van der Waals surface area contributed by atoms with E-state index >= 15 is 0 Å². The number of aromatic nitrogens is 1. The maximum absolute atomic E-state index is 5.80. The van der Waals surface area contributed by atoms with Crippen molar-refractivity contribution in [2.45, 2.75) is 6.92 Å². The minimum absolute atomic E-state index is 0.551. The summed E-state index contributed by atoms with van der Waals surface area (Å²) in [6, 6.07) is 19.4. The van der Waals surface area contributed by atoms with Gasteiger partial charge in [-0.2, -0.15) is 0 Å². The van der Waals surface area contributed by atoms with Crippen molar-refractivity contribution in [1.82, 2.24) is 4.98 Å². The Labute approximate surface area is 129 Å². The number of hydrogen-bond donors (Lipinski definition) is 0. The molecule has 1 heterocycles. The van der Waals surface area contributed by atoms with Crippen LogP contribution in [0.3, 0.4) is 0 Å². The molecular weight excluding hydrogens is 274 g/mol. The van der Waals surface area contributed by atoms with Crippen LogP contribution >= 0.6 is 0 Å². The smallest absolute Gasteiger partial charge is 0.219 e. The summed E-state index contributed by atoms with van der Waals surface area (Å²) < 4.78 is 11.3. The van der Waals surface area contributed by atoms with E-state index in [-0.39, 0.29) is 0 Å². The third-order valence-electron chi connectivity index (χ3n) is 3.28. The number of pyridine rings is 1. The van der Waals surface area contributed by atoms with E-state index in [1.165, 1.54) is 0 Å². The molecule has 1 aromatic heterocycles. The highest BCUT2D eigenvalue weighted by Gasteiger charge is 2.08. The fourth-order valence-corrected chi connectivity index (χ4v) is 2.27. The van der Waals surface area contributed by atoms with E-state index in [9.17, 15) is 0 Å². The van der Waals surface area contributed by atoms with Crippen LogP contribution in [0.1, 0.15) is 12.5 Å². The largest absolute Gasteiger partial charge is 0.494 e. The topological polar surface area (TPSA) is 31.4 Å². The van der Waals surface area contributed by atoms with Crippen LogP contribution in [0.2, 0.25) is 0 Å². The van der Waals surface area contributed by atoms with Gasteiger partial charge in [-0.1, -0.05) is 36.9 Å². The molecule has 0 spiro atoms. The highest BCUT2D eigenvalue weighted by atomic mass is 16.5. The van der Waals surface area contributed by atoms with Gasteiger partial charge in [0.25, 0.3) is 0 Å². The summed E-state index contributed by atoms with van der Waals surface area (Å²) in [6.45, 7) is 6.49. The van der Waals surface area contributed by atoms with Gasteiger partial charge in [0, 0.05) is 17.0 Å². The quantitative estimate of drug-likeness (QED) is 0.617. The first-order valence-electron chi connectivity index (χ1n) is 7.22. The standard InChI is InChI=1S/C19H17NO2/c1-3-21-14(2)17-11-7-8-15-12-13-18(20-19(15)17)22-16-9-5-4-6-10-16/h4-13H,2-3H2,1H3. The number of para-hydroxylation sites is 2. The molecule has 3 nitrogen and oxygen atoms in total. The lowest BCUT2D eigenvalue weighted by Crippen LogP contribution is -1.94. The van der Waals surface area contributed by atoms with Crippen molar-refractivity contribution in [2.75, 3.05) is 6.61 Å². The Morgan fingerprint density at radius 3 is 2.59 bits per heavy atom. The lowest BCUT2D eigenvalue weighted by atomic mass is 10.1. The van der Waals surface area contributed by atoms with Crippen LogP contribution in [0.4, 0.5) is 0 Å². The molecule has 0 atom stereocenters. The number of ether oxygens (including phenoxy) is 2. The highest BCUT2D eigenvalue weighted by Crippen LogP contribution is 2.27. The molecule has 0 fully saturated rings. The van der Waals surface area contributed by atoms with Crippen LogP contribution in [0.15, 0.2) is 67.2 Å². The molecule has 0 saturated carbocycles. The lowest BCUT2D eigenvalue weighted by molar-refractivity contribution is 0.299. The van der Waals surface area contributed by atoms with Crippen molar-refractivity contribution in [3.8, 4) is 11.6 Å². The van der Waals surface area contributed by atoms with Gasteiger partial charge in [-0.05, 0) is 31.2 Å². The van der Waals surface area contributed by atoms with E-state index in [0.717, 1.165) is 22.2 Å². The van der Waals surface area contributed by atoms with Gasteiger partial charge in [-0.25, -0.2) is 4.98 Å². The molecule has 0 bridgehead atoms. The fourth-order valence-electron chi connectivity index (χ4n) is 2.27. The van der Waals surface area contributed by atoms with Crippen molar-refractivity contribution >= 4 is 16.7 Å². The molecule has 0 N–H and O–H groups in total. The zero-order valence-corrected chi connectivity index (χ0v) is 12.5. The second-order valence-electron chi connectivity index (χ2n) is 4.80. The fraction of sp³-hybridized carbons (Fsp3) is 0.105. The van der Waals surface area contributed by atoms with Crippen LogP contribution in [0.25, 0.3) is 16.7 Å². The summed E-state index contributed by atoms with van der Waals surface area (Å²) in [5.74, 6) is 1.93. The maximum atomic E-state index is 5.80. The molecule has 22 heavy (non-hydrogen) atoms. The minimum atomic E-state index is 0.551. The Bertz CT molecular complexity index is 797. The SMILES string of the molecule is C=C(OCC)c1cccc2ccc(Oc3ccccc3)nc12. The molecule has 3 rings (SSSR count). The van der Waals surface area contributed by atoms with Crippen LogP contribution in [-0.4, -0.2) is 11.6 Å². The molecule has 0 aliphatic heterocycles. The van der Waals surface area contributed by atoms with Crippen molar-refractivity contribution in [2.24, 2.45) is 0 Å². The third kappa shape index (κ3) is 2.93. The minimum Gasteiger partial charge on any atom is -0.494 e. The van der Waals surface area contributed by atoms with Crippen LogP contribution < -0.4 is 4.74 Å². The predicted molar refractivity (Wildman–Crippen MR) is 88.9 cm³/mol. The average molecular weight is 291 g/mol. The van der Waals surface area contributed by atoms with E-state index in [4.69, 9.17) is 9.47 Å². The average Bonchev–Trinajstić information content (AvgIpc) is 2.55. The molecule has 3 aromatic rings. The number of rotatable bonds is 5. The van der Waals surface area contributed by atoms with Gasteiger partial charge >= 0.3 is 0 Å². The lowest BCUT2D eigenvalue weighted by Gasteiger charge is -2.11. The van der Waals surface area contributed by atoms with Crippen molar-refractivity contribution in [3.63, 3.8) is 0 Å². The molecule has 0 aliphatic rings. The summed E-state index contributed by atoms with van der Waals surface area (Å²) in [4.78, 5) is 4.61. The first-order valence-corrected chi connectivity index (χ1v) is 7.22. The Morgan fingerprint density at radius 1 is 1.00 bits per heavy atom. The van der Waals surface area contributed by atoms with Gasteiger partial charge in [0.2, 0.25) is 5.88 Å². The number of benzene rings is 2. The molecule has 110 valence electrons. The molecule has 0 amide bonds. The van der Waals surface area contributed by atoms with Gasteiger partial charge in [0.1, 0.15) is 11.5 Å². The number of hydrogen-bond acceptors (Lipinski definition) is 3. The van der Waals surface area contributed by atoms with Crippen molar-refractivity contribution in [1.29, 1.82) is 0 Å². The third-order valence-corrected chi connectivity index (χ3v) is 3.28. The van der Waals surface area contributed by atoms with Gasteiger partial charge in [-0.3, -0.25) is 0 Å². The molecular formula is C19H17NO2. The molecule has 0 aliphatic carbocycles. The van der Waals surface area contributed by atoms with Crippen molar-refractivity contribution in [3.05, 3.63) is 72.8 Å². The number of nitrogens with zero attached hydrogens (tertiary/aromatic N) is 1. The molecule has 0 unspecified atom stereocenters. The Morgan fingerprint density at radius 2 is 1.82 bits per heavy atom. The zero-order chi connectivity index (χ0) is 15.4. The summed E-state index contributed by atoms with van der Waals surface area (Å²) in [5, 5.41) is 1.03. The Hall–Kier alpha value is -2.81. The van der Waals surface area contributed by atoms with Gasteiger partial charge in [0.05, 0.1) is 12.1 Å². The van der Waals surface area contributed by atoms with E-state index in [2.05, 4.69) is 11.6 Å². The molecule has 3 heteroatoms. The second kappa shape index (κ2) is 6.31. The van der Waals surface area contributed by atoms with Crippen LogP contribution in [-0.2, 0) is 4.74 Å².